The van der Waals surface area contributed by atoms with Gasteiger partial charge in [0, 0.05) is 47.3 Å². The Kier molecular flexibility index (Phi) is 3.72. The van der Waals surface area contributed by atoms with Gasteiger partial charge in [-0.25, -0.2) is 9.97 Å². The minimum atomic E-state index is -0.468. The van der Waals surface area contributed by atoms with Gasteiger partial charge in [-0.3, -0.25) is 4.57 Å². The summed E-state index contributed by atoms with van der Waals surface area (Å²) in [7, 11) is 0. The Balaban J connectivity index is 1.47. The predicted octanol–water partition coefficient (Wildman–Crippen LogP) is 10.7. The maximum Gasteiger partial charge on any atom is 0.236 e. The molecule has 6 aromatic carbocycles. The van der Waals surface area contributed by atoms with Crippen molar-refractivity contribution in [2.24, 2.45) is 0 Å². The van der Waals surface area contributed by atoms with Gasteiger partial charge in [0.05, 0.1) is 17.9 Å². The zero-order valence-corrected chi connectivity index (χ0v) is 23.2. The quantitative estimate of drug-likeness (QED) is 0.207. The molecular formula is C38H21N3OS. The van der Waals surface area contributed by atoms with Gasteiger partial charge in [-0.1, -0.05) is 103 Å². The van der Waals surface area contributed by atoms with Crippen molar-refractivity contribution in [1.29, 1.82) is 0 Å². The van der Waals surface area contributed by atoms with Crippen LogP contribution in [0.2, 0.25) is 0 Å². The molecule has 4 aromatic heterocycles. The summed E-state index contributed by atoms with van der Waals surface area (Å²) in [4.78, 5) is 10.3. The van der Waals surface area contributed by atoms with Crippen LogP contribution in [-0.4, -0.2) is 14.5 Å². The van der Waals surface area contributed by atoms with Crippen molar-refractivity contribution in [3.8, 4) is 17.2 Å². The Morgan fingerprint density at radius 3 is 2.21 bits per heavy atom. The molecule has 43 heavy (non-hydrogen) atoms. The number of fused-ring (bicyclic) bond motifs is 13. The molecule has 200 valence electrons. The van der Waals surface area contributed by atoms with E-state index in [0.29, 0.717) is 17.0 Å². The molecule has 0 spiro atoms. The Morgan fingerprint density at radius 1 is 0.651 bits per heavy atom. The first-order valence-electron chi connectivity index (χ1n) is 16.4. The number of aromatic nitrogens is 3. The smallest absolute Gasteiger partial charge is 0.236 e. The van der Waals surface area contributed by atoms with E-state index in [1.807, 2.05) is 36.4 Å². The van der Waals surface area contributed by atoms with Crippen molar-refractivity contribution in [3.63, 3.8) is 0 Å². The first kappa shape index (κ1) is 18.8. The van der Waals surface area contributed by atoms with Gasteiger partial charge in [0.2, 0.25) is 5.95 Å². The first-order valence-corrected chi connectivity index (χ1v) is 14.8. The molecule has 0 fully saturated rings. The van der Waals surface area contributed by atoms with Crippen molar-refractivity contribution in [3.05, 3.63) is 127 Å². The molecule has 0 unspecified atom stereocenters. The summed E-state index contributed by atoms with van der Waals surface area (Å²) in [5.74, 6) is 0.314. The largest absolute Gasteiger partial charge is 0.452 e. The third-order valence-electron chi connectivity index (χ3n) is 8.29. The van der Waals surface area contributed by atoms with Crippen molar-refractivity contribution in [2.45, 2.75) is 0 Å². The molecule has 10 rings (SSSR count). The molecule has 0 saturated heterocycles. The minimum absolute atomic E-state index is 0.0361. The third-order valence-corrected chi connectivity index (χ3v) is 9.50. The van der Waals surface area contributed by atoms with E-state index >= 15 is 0 Å². The van der Waals surface area contributed by atoms with Gasteiger partial charge < -0.3 is 4.42 Å². The van der Waals surface area contributed by atoms with Crippen LogP contribution in [-0.2, 0) is 0 Å². The maximum atomic E-state index is 8.88. The second-order valence-electron chi connectivity index (χ2n) is 10.6. The van der Waals surface area contributed by atoms with E-state index in [1.54, 1.807) is 11.3 Å². The summed E-state index contributed by atoms with van der Waals surface area (Å²) in [5.41, 5.74) is 3.26. The van der Waals surface area contributed by atoms with Gasteiger partial charge in [-0.15, -0.1) is 11.3 Å². The summed E-state index contributed by atoms with van der Waals surface area (Å²) >= 11 is 1.76. The lowest BCUT2D eigenvalue weighted by atomic mass is 10.00. The topological polar surface area (TPSA) is 43.9 Å². The molecule has 4 heterocycles. The SMILES string of the molecule is [2H]c1c([2H])c([2H])c(-c2nc(-n3c4ccccc4c4c5ccccc5c5sc6ccccc6c5c43)nc3c2oc2ccccc23)c([2H])c1[2H]. The molecule has 0 N–H and O–H groups in total. The fourth-order valence-corrected chi connectivity index (χ4v) is 7.79. The summed E-state index contributed by atoms with van der Waals surface area (Å²) in [5, 5.41) is 7.34. The number of thiophene rings is 1. The molecule has 5 heteroatoms. The molecule has 0 amide bonds. The number of nitrogens with zero attached hydrogens (tertiary/aromatic N) is 3. The lowest BCUT2D eigenvalue weighted by Gasteiger charge is -2.11. The minimum Gasteiger partial charge on any atom is -0.452 e. The standard InChI is InChI=1S/C38H21N3OS/c1-2-12-22(13-3-1)33-36-34(26-17-7-10-20-29(26)42-36)40-38(39-33)41-28-19-9-6-16-25(28)31-23-14-4-5-15-24(23)37-32(35(31)41)27-18-8-11-21-30(27)43-37/h1-21H/i1D,2D,3D,12D,13D. The average Bonchev–Trinajstić information content (AvgIpc) is 3.80. The third kappa shape index (κ3) is 3.09. The molecule has 0 aliphatic rings. The molecule has 10 aromatic rings. The van der Waals surface area contributed by atoms with E-state index < -0.39 is 18.1 Å². The summed E-state index contributed by atoms with van der Waals surface area (Å²) in [6, 6.07) is 30.5. The summed E-state index contributed by atoms with van der Waals surface area (Å²) in [6.07, 6.45) is 0. The highest BCUT2D eigenvalue weighted by molar-refractivity contribution is 7.27. The number of rotatable bonds is 2. The highest BCUT2D eigenvalue weighted by Gasteiger charge is 2.24. The number of para-hydroxylation sites is 2. The van der Waals surface area contributed by atoms with Crippen LogP contribution in [0, 0.1) is 0 Å². The van der Waals surface area contributed by atoms with Crippen molar-refractivity contribution < 1.29 is 11.3 Å². The molecule has 0 bridgehead atoms. The van der Waals surface area contributed by atoms with Crippen molar-refractivity contribution in [2.75, 3.05) is 0 Å². The van der Waals surface area contributed by atoms with Gasteiger partial charge in [-0.05, 0) is 29.7 Å². The van der Waals surface area contributed by atoms with Crippen molar-refractivity contribution >= 4 is 86.2 Å². The lowest BCUT2D eigenvalue weighted by Crippen LogP contribution is -2.03. The summed E-state index contributed by atoms with van der Waals surface area (Å²) in [6.45, 7) is 0. The van der Waals surface area contributed by atoms with Crippen LogP contribution in [0.3, 0.4) is 0 Å². The van der Waals surface area contributed by atoms with Gasteiger partial charge in [-0.2, -0.15) is 0 Å². The predicted molar refractivity (Wildman–Crippen MR) is 179 cm³/mol. The van der Waals surface area contributed by atoms with Gasteiger partial charge in [0.15, 0.2) is 5.58 Å². The summed E-state index contributed by atoms with van der Waals surface area (Å²) < 4.78 is 53.6. The number of furan rings is 1. The van der Waals surface area contributed by atoms with Gasteiger partial charge >= 0.3 is 0 Å². The average molecular weight is 573 g/mol. The van der Waals surface area contributed by atoms with Crippen LogP contribution < -0.4 is 0 Å². The zero-order valence-electron chi connectivity index (χ0n) is 27.4. The second kappa shape index (κ2) is 8.51. The van der Waals surface area contributed by atoms with E-state index in [9.17, 15) is 0 Å². The number of hydrogen-bond donors (Lipinski definition) is 0. The van der Waals surface area contributed by atoms with Crippen LogP contribution in [0.1, 0.15) is 6.85 Å². The van der Waals surface area contributed by atoms with Crippen molar-refractivity contribution in [1.82, 2.24) is 14.5 Å². The van der Waals surface area contributed by atoms with E-state index in [2.05, 4.69) is 65.2 Å². The molecule has 0 atom stereocenters. The van der Waals surface area contributed by atoms with Crippen LogP contribution in [0.5, 0.6) is 0 Å². The normalized spacial score (nSPS) is 13.8. The monoisotopic (exact) mass is 572 g/mol. The number of benzene rings is 6. The Hall–Kier alpha value is -5.52. The fraction of sp³-hybridized carbons (Fsp3) is 0. The van der Waals surface area contributed by atoms with E-state index in [0.717, 1.165) is 48.1 Å². The van der Waals surface area contributed by atoms with E-state index in [-0.39, 0.29) is 28.9 Å². The number of hydrogen-bond acceptors (Lipinski definition) is 4. The van der Waals surface area contributed by atoms with Crippen LogP contribution in [0.15, 0.2) is 132 Å². The Bertz CT molecular complexity index is 3000. The lowest BCUT2D eigenvalue weighted by molar-refractivity contribution is 0.666. The molecule has 4 nitrogen and oxygen atoms in total. The van der Waals surface area contributed by atoms with Crippen LogP contribution in [0.25, 0.3) is 92.0 Å². The maximum absolute atomic E-state index is 8.88. The molecule has 0 aliphatic carbocycles. The highest BCUT2D eigenvalue weighted by Crippen LogP contribution is 2.48. The zero-order chi connectivity index (χ0) is 32.4. The molecule has 0 radical (unpaired) electrons. The fourth-order valence-electron chi connectivity index (χ4n) is 6.54. The molecule has 0 aliphatic heterocycles. The van der Waals surface area contributed by atoms with Gasteiger partial charge in [0.25, 0.3) is 0 Å². The van der Waals surface area contributed by atoms with E-state index in [4.69, 9.17) is 21.2 Å². The Morgan fingerprint density at radius 2 is 1.35 bits per heavy atom. The van der Waals surface area contributed by atoms with Gasteiger partial charge in [0.1, 0.15) is 16.8 Å². The second-order valence-corrected chi connectivity index (χ2v) is 11.6. The Labute approximate surface area is 256 Å². The first-order chi connectivity index (χ1) is 23.4. The molecule has 0 saturated carbocycles. The van der Waals surface area contributed by atoms with Crippen LogP contribution in [0.4, 0.5) is 0 Å². The highest BCUT2D eigenvalue weighted by atomic mass is 32.1. The van der Waals surface area contributed by atoms with Crippen LogP contribution >= 0.6 is 11.3 Å². The molecular weight excluding hydrogens is 547 g/mol. The van der Waals surface area contributed by atoms with E-state index in [1.165, 1.54) is 10.1 Å².